The highest BCUT2D eigenvalue weighted by molar-refractivity contribution is 5.96. The zero-order valence-corrected chi connectivity index (χ0v) is 24.6. The molecule has 1 saturated carbocycles. The van der Waals surface area contributed by atoms with Gasteiger partial charge in [-0.15, -0.1) is 0 Å². The van der Waals surface area contributed by atoms with Crippen molar-refractivity contribution in [2.75, 3.05) is 29.9 Å². The van der Waals surface area contributed by atoms with Crippen LogP contribution in [0, 0.1) is 28.6 Å². The highest BCUT2D eigenvalue weighted by Gasteiger charge is 2.74. The van der Waals surface area contributed by atoms with Gasteiger partial charge in [0.2, 0.25) is 0 Å². The number of Topliss-reactive ketones (excluding diaryl/α,β-unsaturated/α-hetero) is 1. The fourth-order valence-corrected chi connectivity index (χ4v) is 8.00. The second-order valence-electron chi connectivity index (χ2n) is 13.6. The van der Waals surface area contributed by atoms with Crippen LogP contribution >= 0.6 is 0 Å². The van der Waals surface area contributed by atoms with Crippen LogP contribution in [0.3, 0.4) is 0 Å². The van der Waals surface area contributed by atoms with Gasteiger partial charge in [-0.1, -0.05) is 52.0 Å². The number of anilines is 2. The SMILES string of the molecule is CC1=CC23C(=O)[C@@H](C=C4COC(C)(C)O[C@H]4[C@]2(O)[C@H]1OC(=O)N1CCNc2ccccc21)C(C)(C)[C@@H](C)CC3C. The van der Waals surface area contributed by atoms with Crippen molar-refractivity contribution in [2.45, 2.75) is 78.5 Å². The first-order valence-corrected chi connectivity index (χ1v) is 14.5. The number of hydrogen-bond donors (Lipinski definition) is 2. The van der Waals surface area contributed by atoms with E-state index < -0.39 is 41.0 Å². The Balaban J connectivity index is 1.49. The summed E-state index contributed by atoms with van der Waals surface area (Å²) < 4.78 is 18.9. The zero-order valence-electron chi connectivity index (χ0n) is 24.6. The lowest BCUT2D eigenvalue weighted by molar-refractivity contribution is -0.302. The molecule has 5 aliphatic rings. The Morgan fingerprint density at radius 3 is 2.62 bits per heavy atom. The first kappa shape index (κ1) is 27.5. The van der Waals surface area contributed by atoms with Gasteiger partial charge in [0.1, 0.15) is 6.10 Å². The Labute approximate surface area is 236 Å². The molecule has 2 N–H and O–H groups in total. The number of para-hydroxylation sites is 2. The van der Waals surface area contributed by atoms with Gasteiger partial charge in [-0.2, -0.15) is 0 Å². The summed E-state index contributed by atoms with van der Waals surface area (Å²) in [4.78, 5) is 30.4. The number of fused-ring (bicyclic) bond motifs is 4. The average Bonchev–Trinajstić information content (AvgIpc) is 3.06. The lowest BCUT2D eigenvalue weighted by Crippen LogP contribution is -2.68. The lowest BCUT2D eigenvalue weighted by atomic mass is 9.59. The number of benzene rings is 1. The number of amides is 1. The molecule has 2 unspecified atom stereocenters. The maximum Gasteiger partial charge on any atom is 0.415 e. The molecule has 1 aromatic carbocycles. The van der Waals surface area contributed by atoms with Crippen LogP contribution in [0.4, 0.5) is 16.2 Å². The van der Waals surface area contributed by atoms with E-state index in [0.29, 0.717) is 18.7 Å². The Morgan fingerprint density at radius 1 is 1.15 bits per heavy atom. The molecule has 8 heteroatoms. The van der Waals surface area contributed by atoms with Crippen LogP contribution in [-0.2, 0) is 19.0 Å². The van der Waals surface area contributed by atoms with E-state index in [4.69, 9.17) is 14.2 Å². The molecule has 1 amide bonds. The van der Waals surface area contributed by atoms with Crippen molar-refractivity contribution in [1.82, 2.24) is 0 Å². The number of ether oxygens (including phenoxy) is 3. The summed E-state index contributed by atoms with van der Waals surface area (Å²) in [5, 5.41) is 16.5. The molecule has 2 bridgehead atoms. The minimum atomic E-state index is -1.85. The maximum absolute atomic E-state index is 14.9. The fourth-order valence-electron chi connectivity index (χ4n) is 8.00. The Hall–Kier alpha value is -2.68. The average molecular weight is 551 g/mol. The molecular formula is C32H42N2O6. The zero-order chi connectivity index (χ0) is 28.8. The molecule has 0 radical (unpaired) electrons. The fraction of sp³-hybridized carbons (Fsp3) is 0.625. The normalized spacial score (nSPS) is 39.4. The largest absolute Gasteiger partial charge is 0.438 e. The number of hydrogen-bond acceptors (Lipinski definition) is 7. The van der Waals surface area contributed by atoms with E-state index in [1.54, 1.807) is 4.90 Å². The van der Waals surface area contributed by atoms with E-state index in [2.05, 4.69) is 26.1 Å². The van der Waals surface area contributed by atoms with Gasteiger partial charge in [-0.25, -0.2) is 4.79 Å². The van der Waals surface area contributed by atoms with Crippen LogP contribution in [-0.4, -0.2) is 60.3 Å². The number of rotatable bonds is 1. The molecule has 2 fully saturated rings. The molecule has 1 saturated heterocycles. The van der Waals surface area contributed by atoms with Crippen molar-refractivity contribution in [3.8, 4) is 0 Å². The lowest BCUT2D eigenvalue weighted by Gasteiger charge is -2.52. The monoisotopic (exact) mass is 550 g/mol. The van der Waals surface area contributed by atoms with Crippen LogP contribution < -0.4 is 10.2 Å². The number of ketones is 1. The number of aliphatic hydroxyl groups is 1. The van der Waals surface area contributed by atoms with Gasteiger partial charge >= 0.3 is 6.09 Å². The van der Waals surface area contributed by atoms with Gasteiger partial charge in [0.25, 0.3) is 0 Å². The number of carbonyl (C=O) groups is 2. The van der Waals surface area contributed by atoms with Crippen molar-refractivity contribution >= 4 is 23.3 Å². The summed E-state index contributed by atoms with van der Waals surface area (Å²) in [5.41, 5.74) is -0.538. The van der Waals surface area contributed by atoms with Crippen molar-refractivity contribution in [2.24, 2.45) is 28.6 Å². The van der Waals surface area contributed by atoms with Crippen LogP contribution in [0.1, 0.15) is 54.9 Å². The third-order valence-corrected chi connectivity index (χ3v) is 10.6. The van der Waals surface area contributed by atoms with Crippen LogP contribution in [0.25, 0.3) is 0 Å². The summed E-state index contributed by atoms with van der Waals surface area (Å²) in [7, 11) is 0. The third kappa shape index (κ3) is 3.61. The van der Waals surface area contributed by atoms with Crippen LogP contribution in [0.15, 0.2) is 47.6 Å². The topological polar surface area (TPSA) is 97.3 Å². The van der Waals surface area contributed by atoms with E-state index in [1.807, 2.05) is 64.1 Å². The molecule has 1 aromatic rings. The summed E-state index contributed by atoms with van der Waals surface area (Å²) in [5.74, 6) is -1.49. The Morgan fingerprint density at radius 2 is 1.88 bits per heavy atom. The highest BCUT2D eigenvalue weighted by atomic mass is 16.7. The predicted molar refractivity (Wildman–Crippen MR) is 152 cm³/mol. The van der Waals surface area contributed by atoms with Gasteiger partial charge < -0.3 is 24.6 Å². The molecule has 2 aliphatic heterocycles. The van der Waals surface area contributed by atoms with Crippen molar-refractivity contribution < 1.29 is 28.9 Å². The van der Waals surface area contributed by atoms with E-state index in [1.165, 1.54) is 0 Å². The molecule has 216 valence electrons. The summed E-state index contributed by atoms with van der Waals surface area (Å²) in [6.07, 6.45) is 2.11. The smallest absolute Gasteiger partial charge is 0.415 e. The first-order valence-electron chi connectivity index (χ1n) is 14.5. The Kier molecular flexibility index (Phi) is 6.12. The van der Waals surface area contributed by atoms with Crippen LogP contribution in [0.2, 0.25) is 0 Å². The van der Waals surface area contributed by atoms with Crippen LogP contribution in [0.5, 0.6) is 0 Å². The molecule has 8 nitrogen and oxygen atoms in total. The van der Waals surface area contributed by atoms with E-state index >= 15 is 0 Å². The number of nitrogens with zero attached hydrogens (tertiary/aromatic N) is 1. The van der Waals surface area contributed by atoms with Gasteiger partial charge in [0.15, 0.2) is 23.3 Å². The molecular weight excluding hydrogens is 508 g/mol. The third-order valence-electron chi connectivity index (χ3n) is 10.6. The molecule has 2 heterocycles. The van der Waals surface area contributed by atoms with E-state index in [9.17, 15) is 14.7 Å². The quantitative estimate of drug-likeness (QED) is 0.471. The molecule has 7 atom stereocenters. The minimum absolute atomic E-state index is 0.0365. The van der Waals surface area contributed by atoms with Gasteiger partial charge in [-0.3, -0.25) is 9.69 Å². The predicted octanol–water partition coefficient (Wildman–Crippen LogP) is 5.08. The van der Waals surface area contributed by atoms with Crippen molar-refractivity contribution in [1.29, 1.82) is 0 Å². The number of carbonyl (C=O) groups excluding carboxylic acids is 2. The second kappa shape index (κ2) is 8.91. The summed E-state index contributed by atoms with van der Waals surface area (Å²) in [6.45, 7) is 15.2. The van der Waals surface area contributed by atoms with E-state index in [0.717, 1.165) is 23.4 Å². The number of allylic oxidation sites excluding steroid dienone is 1. The Bertz CT molecular complexity index is 1320. The minimum Gasteiger partial charge on any atom is -0.438 e. The van der Waals surface area contributed by atoms with Gasteiger partial charge in [-0.05, 0) is 67.7 Å². The van der Waals surface area contributed by atoms with E-state index in [-0.39, 0.29) is 29.6 Å². The number of nitrogens with one attached hydrogen (secondary N) is 1. The van der Waals surface area contributed by atoms with Gasteiger partial charge in [0.05, 0.1) is 23.4 Å². The van der Waals surface area contributed by atoms with Crippen molar-refractivity contribution in [3.05, 3.63) is 47.6 Å². The second-order valence-corrected chi connectivity index (χ2v) is 13.6. The standard InChI is InChI=1S/C32H42N2O6/c1-18-16-31-20(3)14-19(2)29(4,5)22(25(31)35)15-21-17-38-30(6,7)40-27(21)32(31,37)26(18)39-28(36)34-13-12-33-23-10-8-9-11-24(23)34/h8-11,15-16,19-20,22,26-27,33,37H,12-14,17H2,1-7H3/t19-,20?,22+,26-,27+,31?,32+/m0/s1. The molecule has 6 rings (SSSR count). The molecule has 1 spiro atoms. The molecule has 0 aromatic heterocycles. The first-order chi connectivity index (χ1) is 18.7. The summed E-state index contributed by atoms with van der Waals surface area (Å²) >= 11 is 0. The maximum atomic E-state index is 14.9. The summed E-state index contributed by atoms with van der Waals surface area (Å²) in [6, 6.07) is 7.59. The highest BCUT2D eigenvalue weighted by Crippen LogP contribution is 2.64. The van der Waals surface area contributed by atoms with Crippen molar-refractivity contribution in [3.63, 3.8) is 0 Å². The molecule has 3 aliphatic carbocycles. The molecule has 40 heavy (non-hydrogen) atoms. The van der Waals surface area contributed by atoms with Gasteiger partial charge in [0, 0.05) is 19.0 Å².